The van der Waals surface area contributed by atoms with Gasteiger partial charge in [-0.3, -0.25) is 9.25 Å². The van der Waals surface area contributed by atoms with Crippen molar-refractivity contribution >= 4 is 17.0 Å². The molecule has 1 saturated heterocycles. The number of H-pyrrole nitrogens is 1. The average Bonchev–Trinajstić information content (AvgIpc) is 3.40. The zero-order valence-corrected chi connectivity index (χ0v) is 18.6. The monoisotopic (exact) mass is 445 g/mol. The van der Waals surface area contributed by atoms with Crippen molar-refractivity contribution in [1.29, 1.82) is 0 Å². The van der Waals surface area contributed by atoms with Crippen molar-refractivity contribution in [3.05, 3.63) is 70.8 Å². The lowest BCUT2D eigenvalue weighted by Crippen LogP contribution is -2.43. The number of hydrogen-bond donors (Lipinski definition) is 3. The van der Waals surface area contributed by atoms with Gasteiger partial charge in [0.2, 0.25) is 0 Å². The maximum absolute atomic E-state index is 12.5. The number of nitrogen functional groups attached to an aromatic ring is 1. The standard InChI is InChI=1S/C23H27N9O/c1-15(30-9-7-25-8-10-30)12-31-14-19(11-26-31)18-5-3-17(4-6-18)13-32-22-20(29-23(32)33)21(24)27-16(2)28-22/h3-6,11,14,25H,1,7-10,12-13H2,2H3,(H,29,33)(H2,24,27,28). The average molecular weight is 446 g/mol. The van der Waals surface area contributed by atoms with Gasteiger partial charge in [0.15, 0.2) is 11.5 Å². The molecule has 4 aromatic rings. The van der Waals surface area contributed by atoms with Crippen LogP contribution >= 0.6 is 0 Å². The lowest BCUT2D eigenvalue weighted by molar-refractivity contribution is 0.284. The third-order valence-corrected chi connectivity index (χ3v) is 5.93. The summed E-state index contributed by atoms with van der Waals surface area (Å²) in [5.74, 6) is 0.806. The molecule has 0 atom stereocenters. The number of nitrogens with one attached hydrogen (secondary N) is 2. The van der Waals surface area contributed by atoms with Crippen molar-refractivity contribution in [2.45, 2.75) is 20.0 Å². The van der Waals surface area contributed by atoms with Gasteiger partial charge >= 0.3 is 5.69 Å². The van der Waals surface area contributed by atoms with E-state index in [4.69, 9.17) is 5.73 Å². The number of imidazole rings is 1. The number of anilines is 1. The summed E-state index contributed by atoms with van der Waals surface area (Å²) in [7, 11) is 0. The normalized spacial score (nSPS) is 14.2. The van der Waals surface area contributed by atoms with Crippen LogP contribution < -0.4 is 16.7 Å². The van der Waals surface area contributed by atoms with Crippen molar-refractivity contribution in [3.63, 3.8) is 0 Å². The lowest BCUT2D eigenvalue weighted by atomic mass is 10.1. The number of aryl methyl sites for hydroxylation is 1. The summed E-state index contributed by atoms with van der Waals surface area (Å²) in [6, 6.07) is 8.09. The minimum absolute atomic E-state index is 0.258. The first kappa shape index (κ1) is 21.0. The number of nitrogens with two attached hydrogens (primary N) is 1. The Kier molecular flexibility index (Phi) is 5.43. The number of fused-ring (bicyclic) bond motifs is 1. The van der Waals surface area contributed by atoms with Gasteiger partial charge in [-0.25, -0.2) is 14.8 Å². The van der Waals surface area contributed by atoms with Gasteiger partial charge in [-0.05, 0) is 18.1 Å². The van der Waals surface area contributed by atoms with Crippen molar-refractivity contribution in [2.75, 3.05) is 31.9 Å². The molecule has 5 rings (SSSR count). The molecule has 0 radical (unpaired) electrons. The molecule has 3 aromatic heterocycles. The Hall–Kier alpha value is -3.92. The largest absolute Gasteiger partial charge is 0.382 e. The van der Waals surface area contributed by atoms with E-state index in [1.165, 1.54) is 0 Å². The second-order valence-corrected chi connectivity index (χ2v) is 8.30. The van der Waals surface area contributed by atoms with E-state index in [1.807, 2.05) is 41.3 Å². The summed E-state index contributed by atoms with van der Waals surface area (Å²) in [5.41, 5.74) is 10.8. The van der Waals surface area contributed by atoms with E-state index in [9.17, 15) is 4.79 Å². The fraction of sp³-hybridized carbons (Fsp3) is 0.304. The van der Waals surface area contributed by atoms with Crippen molar-refractivity contribution < 1.29 is 0 Å². The second-order valence-electron chi connectivity index (χ2n) is 8.30. The predicted octanol–water partition coefficient (Wildman–Crippen LogP) is 1.34. The van der Waals surface area contributed by atoms with Gasteiger partial charge in [-0.1, -0.05) is 30.8 Å². The molecular weight excluding hydrogens is 418 g/mol. The Morgan fingerprint density at radius 3 is 2.67 bits per heavy atom. The topological polar surface area (TPSA) is 123 Å². The predicted molar refractivity (Wildman–Crippen MR) is 128 cm³/mol. The first-order chi connectivity index (χ1) is 16.0. The van der Waals surface area contributed by atoms with Gasteiger partial charge in [-0.15, -0.1) is 0 Å². The number of benzene rings is 1. The zero-order chi connectivity index (χ0) is 22.9. The van der Waals surface area contributed by atoms with Gasteiger partial charge in [0, 0.05) is 43.6 Å². The lowest BCUT2D eigenvalue weighted by Gasteiger charge is -2.30. The van der Waals surface area contributed by atoms with Crippen molar-refractivity contribution in [3.8, 4) is 11.1 Å². The first-order valence-electron chi connectivity index (χ1n) is 11.0. The molecule has 1 aromatic carbocycles. The highest BCUT2D eigenvalue weighted by Crippen LogP contribution is 2.21. The molecule has 10 heteroatoms. The number of allylic oxidation sites excluding steroid dienone is 1. The molecule has 4 N–H and O–H groups in total. The first-order valence-corrected chi connectivity index (χ1v) is 11.0. The van der Waals surface area contributed by atoms with Crippen LogP contribution in [-0.2, 0) is 13.1 Å². The van der Waals surface area contributed by atoms with Gasteiger partial charge < -0.3 is 20.9 Å². The maximum Gasteiger partial charge on any atom is 0.328 e. The highest BCUT2D eigenvalue weighted by Gasteiger charge is 2.14. The molecule has 1 aliphatic heterocycles. The molecule has 0 amide bonds. The maximum atomic E-state index is 12.5. The Bertz CT molecular complexity index is 1360. The summed E-state index contributed by atoms with van der Waals surface area (Å²) < 4.78 is 3.50. The Morgan fingerprint density at radius 1 is 1.15 bits per heavy atom. The van der Waals surface area contributed by atoms with Crippen LogP contribution in [0.1, 0.15) is 11.4 Å². The van der Waals surface area contributed by atoms with E-state index in [-0.39, 0.29) is 11.5 Å². The van der Waals surface area contributed by atoms with Crippen molar-refractivity contribution in [1.82, 2.24) is 39.5 Å². The van der Waals surface area contributed by atoms with Crippen LogP contribution in [0.15, 0.2) is 53.7 Å². The SMILES string of the molecule is C=C(Cn1cc(-c2ccc(Cn3c(=O)[nH]c4c(N)nc(C)nc43)cc2)cn1)N1CCNCC1. The Balaban J connectivity index is 1.31. The third-order valence-electron chi connectivity index (χ3n) is 5.93. The summed E-state index contributed by atoms with van der Waals surface area (Å²) in [6.45, 7) is 11.0. The molecule has 4 heterocycles. The van der Waals surface area contributed by atoms with Crippen LogP contribution in [0.2, 0.25) is 0 Å². The molecule has 10 nitrogen and oxygen atoms in total. The highest BCUT2D eigenvalue weighted by atomic mass is 16.1. The fourth-order valence-electron chi connectivity index (χ4n) is 4.16. The van der Waals surface area contributed by atoms with E-state index in [2.05, 4.69) is 36.8 Å². The molecule has 0 saturated carbocycles. The molecule has 1 aliphatic rings. The molecule has 170 valence electrons. The summed E-state index contributed by atoms with van der Waals surface area (Å²) in [5, 5.41) is 7.87. The minimum atomic E-state index is -0.258. The van der Waals surface area contributed by atoms with Crippen LogP contribution in [0.4, 0.5) is 5.82 Å². The quantitative estimate of drug-likeness (QED) is 0.409. The third kappa shape index (κ3) is 4.24. The Morgan fingerprint density at radius 2 is 1.91 bits per heavy atom. The van der Waals surface area contributed by atoms with E-state index < -0.39 is 0 Å². The second kappa shape index (κ2) is 8.55. The van der Waals surface area contributed by atoms with Gasteiger partial charge in [0.25, 0.3) is 0 Å². The number of aromatic nitrogens is 6. The van der Waals surface area contributed by atoms with Crippen LogP contribution in [-0.4, -0.2) is 60.4 Å². The van der Waals surface area contributed by atoms with E-state index in [1.54, 1.807) is 11.5 Å². The molecule has 0 bridgehead atoms. The molecule has 1 fully saturated rings. The summed E-state index contributed by atoms with van der Waals surface area (Å²) >= 11 is 0. The molecular formula is C23H27N9O. The fourth-order valence-corrected chi connectivity index (χ4v) is 4.16. The Labute approximate surface area is 190 Å². The smallest absolute Gasteiger partial charge is 0.328 e. The highest BCUT2D eigenvalue weighted by molar-refractivity contribution is 5.81. The summed E-state index contributed by atoms with van der Waals surface area (Å²) in [4.78, 5) is 26.0. The minimum Gasteiger partial charge on any atom is -0.382 e. The van der Waals surface area contributed by atoms with Crippen LogP contribution in [0.25, 0.3) is 22.3 Å². The molecule has 0 unspecified atom stereocenters. The van der Waals surface area contributed by atoms with Crippen LogP contribution in [0, 0.1) is 6.92 Å². The van der Waals surface area contributed by atoms with Crippen LogP contribution in [0.5, 0.6) is 0 Å². The number of piperazine rings is 1. The number of nitrogens with zero attached hydrogens (tertiary/aromatic N) is 6. The number of aromatic amines is 1. The summed E-state index contributed by atoms with van der Waals surface area (Å²) in [6.07, 6.45) is 3.90. The molecule has 0 aliphatic carbocycles. The van der Waals surface area contributed by atoms with Gasteiger partial charge in [0.1, 0.15) is 11.3 Å². The van der Waals surface area contributed by atoms with Gasteiger partial charge in [-0.2, -0.15) is 5.10 Å². The van der Waals surface area contributed by atoms with E-state index in [0.29, 0.717) is 30.1 Å². The van der Waals surface area contributed by atoms with Crippen molar-refractivity contribution in [2.24, 2.45) is 0 Å². The molecule has 0 spiro atoms. The van der Waals surface area contributed by atoms with E-state index >= 15 is 0 Å². The number of hydrogen-bond acceptors (Lipinski definition) is 7. The number of rotatable bonds is 6. The van der Waals surface area contributed by atoms with E-state index in [0.717, 1.165) is 48.6 Å². The van der Waals surface area contributed by atoms with Gasteiger partial charge in [0.05, 0.1) is 19.3 Å². The van der Waals surface area contributed by atoms with Crippen LogP contribution in [0.3, 0.4) is 0 Å². The molecule has 33 heavy (non-hydrogen) atoms. The zero-order valence-electron chi connectivity index (χ0n) is 18.6.